The fourth-order valence-electron chi connectivity index (χ4n) is 4.55. The number of hydrogen-bond acceptors (Lipinski definition) is 1. The number of benzene rings is 2. The van der Waals surface area contributed by atoms with E-state index < -0.39 is 0 Å². The Labute approximate surface area is 177 Å². The van der Waals surface area contributed by atoms with Crippen LogP contribution in [0.4, 0.5) is 0 Å². The summed E-state index contributed by atoms with van der Waals surface area (Å²) in [6.07, 6.45) is 13.0. The van der Waals surface area contributed by atoms with E-state index in [-0.39, 0.29) is 0 Å². The minimum Gasteiger partial charge on any atom is -0.294 e. The lowest BCUT2D eigenvalue weighted by molar-refractivity contribution is 0.0979. The summed E-state index contributed by atoms with van der Waals surface area (Å²) in [6.45, 7) is 6.82. The van der Waals surface area contributed by atoms with Gasteiger partial charge in [-0.05, 0) is 65.5 Å². The van der Waals surface area contributed by atoms with Crippen LogP contribution in [0.25, 0.3) is 11.1 Å². The van der Waals surface area contributed by atoms with Crippen LogP contribution in [0.2, 0.25) is 0 Å². The van der Waals surface area contributed by atoms with Gasteiger partial charge in [-0.2, -0.15) is 0 Å². The largest absolute Gasteiger partial charge is 0.294 e. The Bertz CT molecular complexity index is 817. The zero-order valence-electron chi connectivity index (χ0n) is 18.7. The summed E-state index contributed by atoms with van der Waals surface area (Å²) in [7, 11) is 0. The Morgan fingerprint density at radius 3 is 2.34 bits per heavy atom. The molecule has 3 rings (SSSR count). The number of rotatable bonds is 12. The monoisotopic (exact) mass is 390 g/mol. The minimum atomic E-state index is 0.291. The lowest BCUT2D eigenvalue weighted by Gasteiger charge is -2.12. The molecule has 0 aromatic heterocycles. The molecule has 0 fully saturated rings. The van der Waals surface area contributed by atoms with Crippen molar-refractivity contribution in [1.82, 2.24) is 0 Å². The molecule has 0 radical (unpaired) electrons. The standard InChI is InChI=1S/C28H38O/c1-4-6-8-9-10-21(3)12-13-22-14-16-26-24(18-22)20-25-19-23(15-17-27(25)26)28(29)11-7-5-2/h14-19,21H,4-13,20H2,1-3H3. The van der Waals surface area contributed by atoms with E-state index in [4.69, 9.17) is 0 Å². The normalized spacial score (nSPS) is 13.2. The summed E-state index contributed by atoms with van der Waals surface area (Å²) in [5, 5.41) is 0. The zero-order chi connectivity index (χ0) is 20.6. The van der Waals surface area contributed by atoms with Crippen LogP contribution in [0, 0.1) is 5.92 Å². The molecule has 1 aliphatic rings. The maximum Gasteiger partial charge on any atom is 0.162 e. The first-order valence-corrected chi connectivity index (χ1v) is 11.9. The Morgan fingerprint density at radius 2 is 1.59 bits per heavy atom. The molecule has 0 amide bonds. The number of carbonyl (C=O) groups is 1. The molecular formula is C28H38O. The Morgan fingerprint density at radius 1 is 0.862 bits per heavy atom. The summed E-state index contributed by atoms with van der Waals surface area (Å²) in [6, 6.07) is 13.4. The highest BCUT2D eigenvalue weighted by molar-refractivity contribution is 5.97. The average molecular weight is 391 g/mol. The predicted octanol–water partition coefficient (Wildman–Crippen LogP) is 8.17. The van der Waals surface area contributed by atoms with Gasteiger partial charge in [-0.1, -0.05) is 89.6 Å². The van der Waals surface area contributed by atoms with Crippen molar-refractivity contribution in [2.24, 2.45) is 5.92 Å². The summed E-state index contributed by atoms with van der Waals surface area (Å²) < 4.78 is 0. The fraction of sp³-hybridized carbons (Fsp3) is 0.536. The Balaban J connectivity index is 1.59. The fourth-order valence-corrected chi connectivity index (χ4v) is 4.55. The lowest BCUT2D eigenvalue weighted by Crippen LogP contribution is -1.99. The van der Waals surface area contributed by atoms with Crippen molar-refractivity contribution in [3.63, 3.8) is 0 Å². The third-order valence-electron chi connectivity index (χ3n) is 6.50. The van der Waals surface area contributed by atoms with E-state index in [0.29, 0.717) is 12.2 Å². The molecule has 0 spiro atoms. The molecule has 0 saturated carbocycles. The van der Waals surface area contributed by atoms with Crippen LogP contribution in [-0.4, -0.2) is 5.78 Å². The second-order valence-corrected chi connectivity index (χ2v) is 9.06. The van der Waals surface area contributed by atoms with Gasteiger partial charge in [-0.15, -0.1) is 0 Å². The molecule has 2 aromatic carbocycles. The van der Waals surface area contributed by atoms with Crippen LogP contribution < -0.4 is 0 Å². The number of aryl methyl sites for hydroxylation is 1. The van der Waals surface area contributed by atoms with Crippen LogP contribution in [-0.2, 0) is 12.8 Å². The topological polar surface area (TPSA) is 17.1 Å². The van der Waals surface area contributed by atoms with Gasteiger partial charge in [0.25, 0.3) is 0 Å². The maximum absolute atomic E-state index is 12.4. The maximum atomic E-state index is 12.4. The van der Waals surface area contributed by atoms with Crippen molar-refractivity contribution in [2.75, 3.05) is 0 Å². The summed E-state index contributed by atoms with van der Waals surface area (Å²) in [5.41, 5.74) is 7.81. The van der Waals surface area contributed by atoms with E-state index in [1.54, 1.807) is 0 Å². The lowest BCUT2D eigenvalue weighted by atomic mass is 9.94. The number of hydrogen-bond donors (Lipinski definition) is 0. The van der Waals surface area contributed by atoms with Gasteiger partial charge in [0.15, 0.2) is 5.78 Å². The first-order chi connectivity index (χ1) is 14.1. The number of carbonyl (C=O) groups excluding carboxylic acids is 1. The molecule has 1 atom stereocenters. The third kappa shape index (κ3) is 5.81. The van der Waals surface area contributed by atoms with Crippen LogP contribution in [0.3, 0.4) is 0 Å². The van der Waals surface area contributed by atoms with Crippen LogP contribution in [0.1, 0.15) is 106 Å². The molecule has 0 bridgehead atoms. The van der Waals surface area contributed by atoms with E-state index in [9.17, 15) is 4.79 Å². The molecule has 1 nitrogen and oxygen atoms in total. The molecule has 2 aromatic rings. The molecule has 0 aliphatic heterocycles. The van der Waals surface area contributed by atoms with E-state index in [2.05, 4.69) is 51.1 Å². The Hall–Kier alpha value is -1.89. The minimum absolute atomic E-state index is 0.291. The highest BCUT2D eigenvalue weighted by atomic mass is 16.1. The van der Waals surface area contributed by atoms with Gasteiger partial charge in [0, 0.05) is 12.0 Å². The Kier molecular flexibility index (Phi) is 8.09. The molecule has 1 aliphatic carbocycles. The molecule has 156 valence electrons. The zero-order valence-corrected chi connectivity index (χ0v) is 18.7. The van der Waals surface area contributed by atoms with Crippen LogP contribution in [0.15, 0.2) is 36.4 Å². The second kappa shape index (κ2) is 10.8. The SMILES string of the molecule is CCCCCCC(C)CCc1ccc2c(c1)Cc1cc(C(=O)CCCC)ccc1-2. The molecule has 29 heavy (non-hydrogen) atoms. The molecule has 1 heteroatoms. The van der Waals surface area contributed by atoms with E-state index in [1.807, 2.05) is 6.07 Å². The average Bonchev–Trinajstić information content (AvgIpc) is 3.10. The van der Waals surface area contributed by atoms with E-state index in [0.717, 1.165) is 30.7 Å². The predicted molar refractivity (Wildman–Crippen MR) is 125 cm³/mol. The number of Topliss-reactive ketones (excluding diaryl/α,β-unsaturated/α-hetero) is 1. The molecule has 0 heterocycles. The van der Waals surface area contributed by atoms with Gasteiger partial charge < -0.3 is 0 Å². The van der Waals surface area contributed by atoms with Crippen molar-refractivity contribution in [3.05, 3.63) is 58.7 Å². The summed E-state index contributed by atoms with van der Waals surface area (Å²) in [5.74, 6) is 1.10. The van der Waals surface area contributed by atoms with Crippen molar-refractivity contribution in [2.45, 2.75) is 91.4 Å². The number of ketones is 1. The molecule has 0 saturated heterocycles. The molecular weight excluding hydrogens is 352 g/mol. The van der Waals surface area contributed by atoms with Gasteiger partial charge in [-0.25, -0.2) is 0 Å². The first kappa shape index (κ1) is 21.8. The summed E-state index contributed by atoms with van der Waals surface area (Å²) >= 11 is 0. The number of unbranched alkanes of at least 4 members (excludes halogenated alkanes) is 4. The van der Waals surface area contributed by atoms with Crippen molar-refractivity contribution < 1.29 is 4.79 Å². The van der Waals surface area contributed by atoms with Gasteiger partial charge in [0.2, 0.25) is 0 Å². The smallest absolute Gasteiger partial charge is 0.162 e. The van der Waals surface area contributed by atoms with Gasteiger partial charge in [0.05, 0.1) is 0 Å². The summed E-state index contributed by atoms with van der Waals surface area (Å²) in [4.78, 5) is 12.4. The molecule has 0 N–H and O–H groups in total. The van der Waals surface area contributed by atoms with Crippen LogP contribution in [0.5, 0.6) is 0 Å². The van der Waals surface area contributed by atoms with Crippen molar-refractivity contribution in [1.29, 1.82) is 0 Å². The highest BCUT2D eigenvalue weighted by Crippen LogP contribution is 2.38. The highest BCUT2D eigenvalue weighted by Gasteiger charge is 2.20. The second-order valence-electron chi connectivity index (χ2n) is 9.06. The van der Waals surface area contributed by atoms with Gasteiger partial charge in [-0.3, -0.25) is 4.79 Å². The van der Waals surface area contributed by atoms with E-state index in [1.165, 1.54) is 72.8 Å². The quantitative estimate of drug-likeness (QED) is 0.225. The first-order valence-electron chi connectivity index (χ1n) is 11.9. The van der Waals surface area contributed by atoms with Gasteiger partial charge in [0.1, 0.15) is 0 Å². The van der Waals surface area contributed by atoms with Crippen molar-refractivity contribution >= 4 is 5.78 Å². The van der Waals surface area contributed by atoms with Gasteiger partial charge >= 0.3 is 0 Å². The van der Waals surface area contributed by atoms with Crippen LogP contribution >= 0.6 is 0 Å². The van der Waals surface area contributed by atoms with E-state index >= 15 is 0 Å². The molecule has 1 unspecified atom stereocenters. The van der Waals surface area contributed by atoms with Crippen molar-refractivity contribution in [3.8, 4) is 11.1 Å². The third-order valence-corrected chi connectivity index (χ3v) is 6.50. The number of fused-ring (bicyclic) bond motifs is 3.